The van der Waals surface area contributed by atoms with Gasteiger partial charge in [0.15, 0.2) is 0 Å². The standard InChI is InChI=1S/C12H14N2S/c1-3-10(12-5-2-8-15-12)11(4-1)14-7-6-13-9-14/h5-7,9H,1-4,8H2. The van der Waals surface area contributed by atoms with E-state index < -0.39 is 0 Å². The van der Waals surface area contributed by atoms with E-state index in [9.17, 15) is 0 Å². The first kappa shape index (κ1) is 9.28. The van der Waals surface area contributed by atoms with E-state index in [0.29, 0.717) is 0 Å². The predicted molar refractivity (Wildman–Crippen MR) is 64.5 cm³/mol. The molecule has 0 atom stereocenters. The molecule has 2 nitrogen and oxygen atoms in total. The van der Waals surface area contributed by atoms with E-state index in [1.54, 1.807) is 5.57 Å². The Morgan fingerprint density at radius 1 is 1.33 bits per heavy atom. The van der Waals surface area contributed by atoms with E-state index >= 15 is 0 Å². The van der Waals surface area contributed by atoms with Crippen LogP contribution in [0.15, 0.2) is 35.3 Å². The summed E-state index contributed by atoms with van der Waals surface area (Å²) in [6.45, 7) is 0. The second-order valence-electron chi connectivity index (χ2n) is 3.95. The minimum Gasteiger partial charge on any atom is -0.310 e. The van der Waals surface area contributed by atoms with Gasteiger partial charge in [-0.25, -0.2) is 4.98 Å². The van der Waals surface area contributed by atoms with Crippen LogP contribution in [-0.2, 0) is 0 Å². The van der Waals surface area contributed by atoms with Gasteiger partial charge in [0.25, 0.3) is 0 Å². The van der Waals surface area contributed by atoms with Gasteiger partial charge < -0.3 is 4.57 Å². The number of hydrogen-bond acceptors (Lipinski definition) is 2. The fraction of sp³-hybridized carbons (Fsp3) is 0.417. The van der Waals surface area contributed by atoms with Gasteiger partial charge in [0.1, 0.15) is 0 Å². The Bertz CT molecular complexity index is 415. The maximum Gasteiger partial charge on any atom is 0.0989 e. The molecular weight excluding hydrogens is 204 g/mol. The number of allylic oxidation sites excluding steroid dienone is 3. The quantitative estimate of drug-likeness (QED) is 0.758. The lowest BCUT2D eigenvalue weighted by atomic mass is 10.2. The Balaban J connectivity index is 2.00. The molecule has 15 heavy (non-hydrogen) atoms. The highest BCUT2D eigenvalue weighted by Gasteiger charge is 2.20. The van der Waals surface area contributed by atoms with Crippen molar-refractivity contribution in [1.29, 1.82) is 0 Å². The Labute approximate surface area is 94.1 Å². The molecule has 0 saturated heterocycles. The van der Waals surface area contributed by atoms with E-state index in [1.165, 1.54) is 42.0 Å². The molecule has 0 unspecified atom stereocenters. The van der Waals surface area contributed by atoms with E-state index in [4.69, 9.17) is 0 Å². The zero-order chi connectivity index (χ0) is 10.1. The zero-order valence-corrected chi connectivity index (χ0v) is 9.46. The van der Waals surface area contributed by atoms with Crippen molar-refractivity contribution < 1.29 is 0 Å². The summed E-state index contributed by atoms with van der Waals surface area (Å²) >= 11 is 2.01. The number of thioether (sulfide) groups is 1. The summed E-state index contributed by atoms with van der Waals surface area (Å²) in [6.07, 6.45) is 13.2. The third-order valence-electron chi connectivity index (χ3n) is 3.01. The van der Waals surface area contributed by atoms with Crippen LogP contribution >= 0.6 is 11.8 Å². The second-order valence-corrected chi connectivity index (χ2v) is 5.09. The topological polar surface area (TPSA) is 17.8 Å². The lowest BCUT2D eigenvalue weighted by Crippen LogP contribution is -1.93. The van der Waals surface area contributed by atoms with Gasteiger partial charge >= 0.3 is 0 Å². The molecule has 0 saturated carbocycles. The molecule has 2 heterocycles. The fourth-order valence-electron chi connectivity index (χ4n) is 2.33. The van der Waals surface area contributed by atoms with Gasteiger partial charge in [0.2, 0.25) is 0 Å². The van der Waals surface area contributed by atoms with Crippen molar-refractivity contribution in [2.24, 2.45) is 0 Å². The Morgan fingerprint density at radius 3 is 3.07 bits per heavy atom. The van der Waals surface area contributed by atoms with Crippen LogP contribution in [0.1, 0.15) is 25.7 Å². The highest BCUT2D eigenvalue weighted by atomic mass is 32.2. The van der Waals surface area contributed by atoms with Gasteiger partial charge in [0, 0.05) is 28.7 Å². The van der Waals surface area contributed by atoms with E-state index in [-0.39, 0.29) is 0 Å². The monoisotopic (exact) mass is 218 g/mol. The first-order chi connectivity index (χ1) is 7.45. The van der Waals surface area contributed by atoms with Gasteiger partial charge in [-0.05, 0) is 31.3 Å². The predicted octanol–water partition coefficient (Wildman–Crippen LogP) is 3.30. The van der Waals surface area contributed by atoms with Gasteiger partial charge in [-0.15, -0.1) is 11.8 Å². The molecule has 0 N–H and O–H groups in total. The van der Waals surface area contributed by atoms with Crippen LogP contribution in [0.4, 0.5) is 0 Å². The van der Waals surface area contributed by atoms with Crippen molar-refractivity contribution in [3.8, 4) is 0 Å². The summed E-state index contributed by atoms with van der Waals surface area (Å²) in [5.74, 6) is 1.26. The Morgan fingerprint density at radius 2 is 2.33 bits per heavy atom. The minimum atomic E-state index is 1.20. The lowest BCUT2D eigenvalue weighted by molar-refractivity contribution is 0.896. The van der Waals surface area contributed by atoms with Gasteiger partial charge in [-0.2, -0.15) is 0 Å². The molecular formula is C12H14N2S. The fourth-order valence-corrected chi connectivity index (χ4v) is 3.41. The summed E-state index contributed by atoms with van der Waals surface area (Å²) in [5, 5.41) is 0. The first-order valence-corrected chi connectivity index (χ1v) is 6.47. The third-order valence-corrected chi connectivity index (χ3v) is 4.17. The molecule has 1 aromatic rings. The second kappa shape index (κ2) is 3.89. The van der Waals surface area contributed by atoms with Crippen LogP contribution in [0.2, 0.25) is 0 Å². The van der Waals surface area contributed by atoms with E-state index in [1.807, 2.05) is 24.3 Å². The molecule has 0 fully saturated rings. The van der Waals surface area contributed by atoms with Crippen molar-refractivity contribution in [2.75, 3.05) is 5.75 Å². The van der Waals surface area contributed by atoms with Crippen LogP contribution in [0.3, 0.4) is 0 Å². The maximum absolute atomic E-state index is 4.13. The van der Waals surface area contributed by atoms with Crippen LogP contribution in [0.25, 0.3) is 5.70 Å². The Hall–Kier alpha value is -0.960. The largest absolute Gasteiger partial charge is 0.310 e. The zero-order valence-electron chi connectivity index (χ0n) is 8.65. The summed E-state index contributed by atoms with van der Waals surface area (Å²) in [5.41, 5.74) is 3.03. The number of imidazole rings is 1. The van der Waals surface area contributed by atoms with Gasteiger partial charge in [-0.1, -0.05) is 6.08 Å². The first-order valence-electron chi connectivity index (χ1n) is 5.49. The van der Waals surface area contributed by atoms with Gasteiger partial charge in [-0.3, -0.25) is 0 Å². The minimum absolute atomic E-state index is 1.20. The molecule has 3 rings (SSSR count). The van der Waals surface area contributed by atoms with E-state index in [0.717, 1.165) is 0 Å². The van der Waals surface area contributed by atoms with Crippen LogP contribution < -0.4 is 0 Å². The van der Waals surface area contributed by atoms with Crippen LogP contribution in [-0.4, -0.2) is 15.3 Å². The maximum atomic E-state index is 4.13. The molecule has 3 heteroatoms. The molecule has 1 aliphatic heterocycles. The smallest absolute Gasteiger partial charge is 0.0989 e. The molecule has 1 aliphatic carbocycles. The SMILES string of the molecule is C1=C(C2=C(n3ccnc3)CCC2)SCC1. The highest BCUT2D eigenvalue weighted by molar-refractivity contribution is 8.03. The molecule has 1 aromatic heterocycles. The molecule has 2 aliphatic rings. The third kappa shape index (κ3) is 1.65. The summed E-state index contributed by atoms with van der Waals surface area (Å²) in [7, 11) is 0. The summed E-state index contributed by atoms with van der Waals surface area (Å²) < 4.78 is 2.18. The number of aromatic nitrogens is 2. The van der Waals surface area contributed by atoms with Crippen molar-refractivity contribution in [3.05, 3.63) is 35.3 Å². The van der Waals surface area contributed by atoms with Gasteiger partial charge in [0.05, 0.1) is 6.33 Å². The summed E-state index contributed by atoms with van der Waals surface area (Å²) in [4.78, 5) is 5.65. The van der Waals surface area contributed by atoms with Crippen molar-refractivity contribution >= 4 is 17.5 Å². The number of hydrogen-bond donors (Lipinski definition) is 0. The molecule has 0 spiro atoms. The summed E-state index contributed by atoms with van der Waals surface area (Å²) in [6, 6.07) is 0. The normalized spacial score (nSPS) is 21.2. The number of nitrogens with zero attached hydrogens (tertiary/aromatic N) is 2. The van der Waals surface area contributed by atoms with Crippen molar-refractivity contribution in [2.45, 2.75) is 25.7 Å². The number of rotatable bonds is 2. The molecule has 0 aromatic carbocycles. The highest BCUT2D eigenvalue weighted by Crippen LogP contribution is 2.41. The van der Waals surface area contributed by atoms with E-state index in [2.05, 4.69) is 21.8 Å². The average molecular weight is 218 g/mol. The van der Waals surface area contributed by atoms with Crippen molar-refractivity contribution in [3.63, 3.8) is 0 Å². The molecule has 0 amide bonds. The molecule has 0 radical (unpaired) electrons. The molecule has 0 bridgehead atoms. The Kier molecular flexibility index (Phi) is 2.41. The molecule has 78 valence electrons. The van der Waals surface area contributed by atoms with Crippen molar-refractivity contribution in [1.82, 2.24) is 9.55 Å². The van der Waals surface area contributed by atoms with Crippen LogP contribution in [0, 0.1) is 0 Å². The average Bonchev–Trinajstić information content (AvgIpc) is 3.01. The lowest BCUT2D eigenvalue weighted by Gasteiger charge is -2.08. The van der Waals surface area contributed by atoms with Crippen LogP contribution in [0.5, 0.6) is 0 Å².